The summed E-state index contributed by atoms with van der Waals surface area (Å²) < 4.78 is 0. The minimum atomic E-state index is -0.369. The van der Waals surface area contributed by atoms with Crippen LogP contribution in [0.2, 0.25) is 0 Å². The third kappa shape index (κ3) is 8.14. The number of hydrogen-bond acceptors (Lipinski definition) is 1. The normalized spacial score (nSPS) is 21.8. The summed E-state index contributed by atoms with van der Waals surface area (Å²) in [6, 6.07) is 38.0. The second-order valence-electron chi connectivity index (χ2n) is 18.2. The minimum Gasteiger partial charge on any atom is -0.341 e. The Balaban J connectivity index is 1.09. The molecule has 1 spiro atoms. The van der Waals surface area contributed by atoms with Gasteiger partial charge in [-0.2, -0.15) is 0 Å². The molecule has 0 aromatic heterocycles. The van der Waals surface area contributed by atoms with Crippen molar-refractivity contribution >= 4 is 22.8 Å². The Morgan fingerprint density at radius 2 is 1.50 bits per heavy atom. The van der Waals surface area contributed by atoms with E-state index in [4.69, 9.17) is 6.58 Å². The molecule has 4 aromatic carbocycles. The highest BCUT2D eigenvalue weighted by Gasteiger charge is 2.43. The molecule has 1 nitrogen and oxygen atoms in total. The Bertz CT molecular complexity index is 2800. The first-order valence-corrected chi connectivity index (χ1v) is 23.8. The van der Waals surface area contributed by atoms with Gasteiger partial charge in [0.15, 0.2) is 0 Å². The first-order valence-electron chi connectivity index (χ1n) is 23.8. The van der Waals surface area contributed by atoms with Crippen LogP contribution >= 0.6 is 0 Å². The Morgan fingerprint density at radius 3 is 2.23 bits per heavy atom. The van der Waals surface area contributed by atoms with Gasteiger partial charge in [-0.1, -0.05) is 208 Å². The molecule has 64 heavy (non-hydrogen) atoms. The standard InChI is InChI=1S/C63H63N/c1-5-24-61(58-46-62(42-21-10-22-43-62)59-34-19-18-33-57(58)59)64(44-23-26-48(6-2)50-38-40-51(41-39-50)55-31-16-15-25-49(55)7-3)47(4)36-37-52-45-63(53-27-11-8-12-28-53,54-29-13-9-14-30-54)60-35-20-17-32-56(52)60/h5-8,11-13,15-20,23,25,27-40,44-46,48,61H,1-2,4,9-10,14,21-22,24,26,41-43H2,3H3/b37-36-,44-23+,49-7-,55-51-. The van der Waals surface area contributed by atoms with E-state index >= 15 is 0 Å². The molecule has 4 aromatic rings. The fourth-order valence-electron chi connectivity index (χ4n) is 11.3. The topological polar surface area (TPSA) is 3.24 Å². The maximum absolute atomic E-state index is 4.88. The summed E-state index contributed by atoms with van der Waals surface area (Å²) in [5.74, 6) is 0.192. The van der Waals surface area contributed by atoms with Crippen LogP contribution in [-0.4, -0.2) is 10.9 Å². The van der Waals surface area contributed by atoms with Crippen LogP contribution in [0.3, 0.4) is 0 Å². The van der Waals surface area contributed by atoms with Gasteiger partial charge in [0.05, 0.1) is 11.5 Å². The summed E-state index contributed by atoms with van der Waals surface area (Å²) in [5.41, 5.74) is 14.1. The average Bonchev–Trinajstić information content (AvgIpc) is 3.86. The van der Waals surface area contributed by atoms with Crippen LogP contribution in [0.4, 0.5) is 0 Å². The number of benzene rings is 4. The van der Waals surface area contributed by atoms with Gasteiger partial charge in [-0.25, -0.2) is 0 Å². The van der Waals surface area contributed by atoms with Crippen LogP contribution in [0.25, 0.3) is 22.8 Å². The average molecular weight is 834 g/mol. The van der Waals surface area contributed by atoms with E-state index < -0.39 is 0 Å². The lowest BCUT2D eigenvalue weighted by atomic mass is 9.69. The molecule has 0 bridgehead atoms. The quantitative estimate of drug-likeness (QED) is 0.0904. The zero-order valence-electron chi connectivity index (χ0n) is 37.8. The van der Waals surface area contributed by atoms with E-state index in [0.717, 1.165) is 37.8 Å². The van der Waals surface area contributed by atoms with E-state index in [9.17, 15) is 0 Å². The van der Waals surface area contributed by atoms with Crippen LogP contribution in [0, 0.1) is 5.92 Å². The van der Waals surface area contributed by atoms with E-state index in [2.05, 4.69) is 219 Å². The number of hydrogen-bond donors (Lipinski definition) is 0. The number of fused-ring (bicyclic) bond motifs is 3. The molecule has 1 heteroatoms. The minimum absolute atomic E-state index is 0.0303. The number of rotatable bonds is 14. The van der Waals surface area contributed by atoms with E-state index in [1.54, 1.807) is 0 Å². The van der Waals surface area contributed by atoms with Gasteiger partial charge in [0, 0.05) is 23.2 Å². The Hall–Kier alpha value is -6.44. The van der Waals surface area contributed by atoms with Gasteiger partial charge in [0.25, 0.3) is 0 Å². The molecule has 0 aliphatic heterocycles. The van der Waals surface area contributed by atoms with Crippen LogP contribution in [0.15, 0.2) is 225 Å². The second-order valence-corrected chi connectivity index (χ2v) is 18.2. The van der Waals surface area contributed by atoms with Crippen molar-refractivity contribution < 1.29 is 0 Å². The maximum atomic E-state index is 4.88. The largest absolute Gasteiger partial charge is 0.341 e. The highest BCUT2D eigenvalue weighted by atomic mass is 15.1. The van der Waals surface area contributed by atoms with Crippen molar-refractivity contribution in [2.45, 2.75) is 88.0 Å². The predicted molar refractivity (Wildman–Crippen MR) is 275 cm³/mol. The van der Waals surface area contributed by atoms with Crippen molar-refractivity contribution in [3.63, 3.8) is 0 Å². The molecular formula is C63H63N. The van der Waals surface area contributed by atoms with Crippen molar-refractivity contribution in [3.8, 4) is 0 Å². The van der Waals surface area contributed by atoms with Gasteiger partial charge < -0.3 is 4.90 Å². The molecule has 0 saturated heterocycles. The molecule has 1 fully saturated rings. The van der Waals surface area contributed by atoms with Gasteiger partial charge in [-0.15, -0.1) is 13.2 Å². The molecule has 320 valence electrons. The lowest BCUT2D eigenvalue weighted by Crippen LogP contribution is -2.30. The van der Waals surface area contributed by atoms with Crippen molar-refractivity contribution in [2.24, 2.45) is 5.92 Å². The van der Waals surface area contributed by atoms with E-state index in [-0.39, 0.29) is 22.8 Å². The zero-order valence-corrected chi connectivity index (χ0v) is 37.8. The van der Waals surface area contributed by atoms with Crippen LogP contribution in [0.5, 0.6) is 0 Å². The summed E-state index contributed by atoms with van der Waals surface area (Å²) >= 11 is 0. The molecule has 0 N–H and O–H groups in total. The monoisotopic (exact) mass is 833 g/mol. The smallest absolute Gasteiger partial charge is 0.0643 e. The van der Waals surface area contributed by atoms with Gasteiger partial charge in [-0.05, 0) is 124 Å². The highest BCUT2D eigenvalue weighted by Crippen LogP contribution is 2.53. The molecule has 9 rings (SSSR count). The zero-order chi connectivity index (χ0) is 43.9. The molecule has 0 radical (unpaired) electrons. The lowest BCUT2D eigenvalue weighted by molar-refractivity contribution is 0.360. The van der Waals surface area contributed by atoms with Crippen molar-refractivity contribution in [3.05, 3.63) is 263 Å². The molecule has 0 heterocycles. The third-order valence-electron chi connectivity index (χ3n) is 14.6. The molecule has 5 aliphatic carbocycles. The molecule has 3 atom stereocenters. The first kappa shape index (κ1) is 42.8. The summed E-state index contributed by atoms with van der Waals surface area (Å²) in [6.45, 7) is 15.7. The van der Waals surface area contributed by atoms with Crippen LogP contribution < -0.4 is 10.4 Å². The van der Waals surface area contributed by atoms with E-state index in [1.807, 2.05) is 0 Å². The second kappa shape index (κ2) is 19.1. The summed E-state index contributed by atoms with van der Waals surface area (Å²) in [4.78, 5) is 2.44. The first-order chi connectivity index (χ1) is 31.5. The molecule has 0 amide bonds. The predicted octanol–water partition coefficient (Wildman–Crippen LogP) is 14.5. The maximum Gasteiger partial charge on any atom is 0.0643 e. The SMILES string of the molecule is C=CCC(C1=CC2(CCCCC2)c2ccccc21)N(/C=C/CC(C=C)C1=CC/C(=c2/cccc/c2=C/C)C=C1)C(=C)/C=C\C1=CC(C2=CCCC=C2)(c2ccccc2)c2ccccc21. The number of allylic oxidation sites excluding steroid dienone is 15. The van der Waals surface area contributed by atoms with Gasteiger partial charge in [0.2, 0.25) is 0 Å². The Kier molecular flexibility index (Phi) is 12.8. The van der Waals surface area contributed by atoms with Crippen molar-refractivity contribution in [1.82, 2.24) is 4.90 Å². The Morgan fingerprint density at radius 1 is 0.750 bits per heavy atom. The van der Waals surface area contributed by atoms with Gasteiger partial charge >= 0.3 is 0 Å². The third-order valence-corrected chi connectivity index (χ3v) is 14.6. The fourth-order valence-corrected chi connectivity index (χ4v) is 11.3. The van der Waals surface area contributed by atoms with Crippen LogP contribution in [0.1, 0.15) is 98.9 Å². The summed E-state index contributed by atoms with van der Waals surface area (Å²) in [6.07, 6.45) is 45.9. The molecule has 1 saturated carbocycles. The van der Waals surface area contributed by atoms with Gasteiger partial charge in [0.1, 0.15) is 0 Å². The van der Waals surface area contributed by atoms with Crippen molar-refractivity contribution in [2.75, 3.05) is 0 Å². The molecule has 5 aliphatic rings. The number of nitrogens with zero attached hydrogens (tertiary/aromatic N) is 1. The van der Waals surface area contributed by atoms with Gasteiger partial charge in [-0.3, -0.25) is 0 Å². The van der Waals surface area contributed by atoms with E-state index in [0.29, 0.717) is 0 Å². The molecular weight excluding hydrogens is 771 g/mol. The highest BCUT2D eigenvalue weighted by molar-refractivity contribution is 5.87. The molecule has 3 unspecified atom stereocenters. The summed E-state index contributed by atoms with van der Waals surface area (Å²) in [5, 5.41) is 2.59. The fraction of sp³-hybridized carbons (Fsp3) is 0.238. The lowest BCUT2D eigenvalue weighted by Gasteiger charge is -2.33. The van der Waals surface area contributed by atoms with Crippen LogP contribution in [-0.2, 0) is 10.8 Å². The van der Waals surface area contributed by atoms with E-state index in [1.165, 1.54) is 98.2 Å². The van der Waals surface area contributed by atoms with Crippen molar-refractivity contribution in [1.29, 1.82) is 0 Å². The Labute approximate surface area is 383 Å². The summed E-state index contributed by atoms with van der Waals surface area (Å²) in [7, 11) is 0.